The number of thioether (sulfide) groups is 1. The van der Waals surface area contributed by atoms with E-state index in [9.17, 15) is 8.78 Å². The molecule has 0 N–H and O–H groups in total. The van der Waals surface area contributed by atoms with E-state index in [1.54, 1.807) is 22.5 Å². The van der Waals surface area contributed by atoms with E-state index >= 15 is 0 Å². The maximum absolute atomic E-state index is 14.8. The van der Waals surface area contributed by atoms with Gasteiger partial charge < -0.3 is 4.74 Å². The second-order valence-corrected chi connectivity index (χ2v) is 8.83. The van der Waals surface area contributed by atoms with Crippen molar-refractivity contribution < 1.29 is 13.5 Å². The highest BCUT2D eigenvalue weighted by molar-refractivity contribution is 7.99. The summed E-state index contributed by atoms with van der Waals surface area (Å²) < 4.78 is 36.1. The fourth-order valence-corrected chi connectivity index (χ4v) is 4.46. The van der Waals surface area contributed by atoms with Gasteiger partial charge >= 0.3 is 0 Å². The molecule has 0 saturated carbocycles. The number of hydrogen-bond acceptors (Lipinski definition) is 4. The number of aromatic nitrogens is 3. The zero-order chi connectivity index (χ0) is 20.6. The lowest BCUT2D eigenvalue weighted by molar-refractivity contribution is 0.250. The van der Waals surface area contributed by atoms with Gasteiger partial charge in [0.05, 0.1) is 6.54 Å². The molecule has 8 heteroatoms. The molecule has 2 aromatic carbocycles. The summed E-state index contributed by atoms with van der Waals surface area (Å²) in [4.78, 5) is 4.33. The lowest BCUT2D eigenvalue weighted by atomic mass is 9.91. The van der Waals surface area contributed by atoms with Gasteiger partial charge in [-0.2, -0.15) is 5.10 Å². The molecule has 2 heterocycles. The molecule has 1 saturated heterocycles. The fraction of sp³-hybridized carbons (Fsp3) is 0.333. The van der Waals surface area contributed by atoms with Crippen LogP contribution in [0.4, 0.5) is 8.78 Å². The molecular weight excluding hydrogens is 416 g/mol. The average Bonchev–Trinajstić information content (AvgIpc) is 3.20. The molecule has 4 nitrogen and oxygen atoms in total. The van der Waals surface area contributed by atoms with Gasteiger partial charge in [0.1, 0.15) is 29.7 Å². The largest absolute Gasteiger partial charge is 0.354 e. The number of halogens is 3. The van der Waals surface area contributed by atoms with E-state index in [4.69, 9.17) is 16.3 Å². The predicted molar refractivity (Wildman–Crippen MR) is 109 cm³/mol. The standard InChI is InChI=1S/C21H20ClF2N3OS/c1-13(2)10-29-20-25-12-26-27(20)11-21(16-8-7-14(23)9-18(16)24)19(28-21)15-5-3-4-6-17(15)22/h3-9,12-13,19H,10-11H2,1-2H3/t19-,21-/m1/s1. The fourth-order valence-electron chi connectivity index (χ4n) is 3.36. The van der Waals surface area contributed by atoms with Crippen LogP contribution in [0.5, 0.6) is 0 Å². The van der Waals surface area contributed by atoms with Gasteiger partial charge in [-0.3, -0.25) is 0 Å². The topological polar surface area (TPSA) is 43.2 Å². The van der Waals surface area contributed by atoms with E-state index in [-0.39, 0.29) is 12.1 Å². The van der Waals surface area contributed by atoms with Crippen LogP contribution in [0.2, 0.25) is 5.02 Å². The van der Waals surface area contributed by atoms with Crippen LogP contribution >= 0.6 is 23.4 Å². The van der Waals surface area contributed by atoms with Crippen molar-refractivity contribution in [2.75, 3.05) is 5.75 Å². The molecule has 0 spiro atoms. The van der Waals surface area contributed by atoms with Gasteiger partial charge in [-0.05, 0) is 18.1 Å². The molecule has 1 aromatic heterocycles. The van der Waals surface area contributed by atoms with Crippen LogP contribution in [0.25, 0.3) is 0 Å². The van der Waals surface area contributed by atoms with Gasteiger partial charge in [0.25, 0.3) is 0 Å². The summed E-state index contributed by atoms with van der Waals surface area (Å²) in [7, 11) is 0. The first kappa shape index (κ1) is 20.3. The Kier molecular flexibility index (Phi) is 5.64. The van der Waals surface area contributed by atoms with Gasteiger partial charge in [0, 0.05) is 28.0 Å². The van der Waals surface area contributed by atoms with Crippen molar-refractivity contribution in [3.8, 4) is 0 Å². The summed E-state index contributed by atoms with van der Waals surface area (Å²) in [5, 5.41) is 5.59. The molecule has 0 bridgehead atoms. The maximum atomic E-state index is 14.8. The Balaban J connectivity index is 1.72. The minimum Gasteiger partial charge on any atom is -0.354 e. The van der Waals surface area contributed by atoms with E-state index < -0.39 is 23.3 Å². The summed E-state index contributed by atoms with van der Waals surface area (Å²) in [6.45, 7) is 4.49. The van der Waals surface area contributed by atoms with Crippen LogP contribution in [0.1, 0.15) is 31.1 Å². The molecule has 4 rings (SSSR count). The van der Waals surface area contributed by atoms with Crippen LogP contribution < -0.4 is 0 Å². The molecule has 1 fully saturated rings. The highest BCUT2D eigenvalue weighted by atomic mass is 35.5. The average molecular weight is 436 g/mol. The third-order valence-corrected chi connectivity index (χ3v) is 6.53. The second kappa shape index (κ2) is 8.05. The molecule has 29 heavy (non-hydrogen) atoms. The number of rotatable bonds is 7. The highest BCUT2D eigenvalue weighted by Crippen LogP contribution is 2.59. The van der Waals surface area contributed by atoms with Crippen molar-refractivity contribution in [1.29, 1.82) is 0 Å². The van der Waals surface area contributed by atoms with Gasteiger partial charge in [-0.15, -0.1) is 0 Å². The summed E-state index contributed by atoms with van der Waals surface area (Å²) in [6.07, 6.45) is 1.01. The van der Waals surface area contributed by atoms with Crippen LogP contribution in [-0.4, -0.2) is 20.5 Å². The van der Waals surface area contributed by atoms with Crippen molar-refractivity contribution in [3.05, 3.63) is 76.6 Å². The van der Waals surface area contributed by atoms with E-state index in [0.717, 1.165) is 22.5 Å². The molecule has 0 amide bonds. The normalized spacial score (nSPS) is 21.0. The van der Waals surface area contributed by atoms with E-state index in [1.165, 1.54) is 18.5 Å². The Morgan fingerprint density at radius 3 is 2.76 bits per heavy atom. The molecule has 0 aliphatic carbocycles. The van der Waals surface area contributed by atoms with Crippen molar-refractivity contribution in [1.82, 2.24) is 14.8 Å². The Hall–Kier alpha value is -1.96. The number of ether oxygens (including phenoxy) is 1. The SMILES string of the molecule is CC(C)CSc1ncnn1C[C@]1(c2ccc(F)cc2F)O[C@@H]1c1ccccc1Cl. The van der Waals surface area contributed by atoms with Gasteiger partial charge in [-0.25, -0.2) is 18.4 Å². The minimum atomic E-state index is -1.04. The maximum Gasteiger partial charge on any atom is 0.186 e. The molecule has 0 unspecified atom stereocenters. The third kappa shape index (κ3) is 4.04. The first-order valence-corrected chi connectivity index (χ1v) is 10.7. The number of hydrogen-bond donors (Lipinski definition) is 0. The molecule has 1 aliphatic rings. The smallest absolute Gasteiger partial charge is 0.186 e. The highest BCUT2D eigenvalue weighted by Gasteiger charge is 2.61. The van der Waals surface area contributed by atoms with E-state index in [2.05, 4.69) is 23.9 Å². The number of nitrogens with zero attached hydrogens (tertiary/aromatic N) is 3. The van der Waals surface area contributed by atoms with Crippen molar-refractivity contribution in [2.45, 2.75) is 37.3 Å². The summed E-state index contributed by atoms with van der Waals surface area (Å²) in [6, 6.07) is 10.8. The van der Waals surface area contributed by atoms with Crippen molar-refractivity contribution in [2.24, 2.45) is 5.92 Å². The molecule has 1 aliphatic heterocycles. The Morgan fingerprint density at radius 1 is 1.24 bits per heavy atom. The summed E-state index contributed by atoms with van der Waals surface area (Å²) in [5.74, 6) is 0.0776. The van der Waals surface area contributed by atoms with E-state index in [1.807, 2.05) is 18.2 Å². The first-order valence-electron chi connectivity index (χ1n) is 9.29. The van der Waals surface area contributed by atoms with Gasteiger partial charge in [-0.1, -0.05) is 61.5 Å². The summed E-state index contributed by atoms with van der Waals surface area (Å²) in [5.41, 5.74) is -0.00241. The van der Waals surface area contributed by atoms with Crippen LogP contribution in [0, 0.1) is 17.6 Å². The molecular formula is C21H20ClF2N3OS. The molecule has 3 aromatic rings. The minimum absolute atomic E-state index is 0.242. The quantitative estimate of drug-likeness (QED) is 0.356. The Morgan fingerprint density at radius 2 is 2.03 bits per heavy atom. The van der Waals surface area contributed by atoms with E-state index in [0.29, 0.717) is 10.9 Å². The third-order valence-electron chi connectivity index (χ3n) is 4.78. The van der Waals surface area contributed by atoms with Gasteiger partial charge in [0.15, 0.2) is 5.16 Å². The number of epoxide rings is 1. The molecule has 0 radical (unpaired) electrons. The Labute approximate surface area is 177 Å². The van der Waals surface area contributed by atoms with Crippen LogP contribution in [-0.2, 0) is 16.9 Å². The lowest BCUT2D eigenvalue weighted by Crippen LogP contribution is -2.22. The van der Waals surface area contributed by atoms with Crippen LogP contribution in [0.3, 0.4) is 0 Å². The Bertz CT molecular complexity index is 1030. The molecule has 2 atom stereocenters. The zero-order valence-corrected chi connectivity index (χ0v) is 17.6. The summed E-state index contributed by atoms with van der Waals surface area (Å²) >= 11 is 7.95. The zero-order valence-electron chi connectivity index (χ0n) is 16.0. The van der Waals surface area contributed by atoms with Crippen molar-refractivity contribution in [3.63, 3.8) is 0 Å². The second-order valence-electron chi connectivity index (χ2n) is 7.44. The molecule has 152 valence electrons. The van der Waals surface area contributed by atoms with Gasteiger partial charge in [0.2, 0.25) is 0 Å². The first-order chi connectivity index (χ1) is 13.9. The monoisotopic (exact) mass is 435 g/mol. The van der Waals surface area contributed by atoms with Crippen LogP contribution in [0.15, 0.2) is 53.9 Å². The van der Waals surface area contributed by atoms with Crippen molar-refractivity contribution >= 4 is 23.4 Å². The predicted octanol–water partition coefficient (Wildman–Crippen LogP) is 5.62. The number of benzene rings is 2. The lowest BCUT2D eigenvalue weighted by Gasteiger charge is -2.17.